The van der Waals surface area contributed by atoms with Crippen LogP contribution < -0.4 is 15.4 Å². The molecule has 8 nitrogen and oxygen atoms in total. The molecule has 0 aliphatic rings. The average molecular weight is 638 g/mol. The van der Waals surface area contributed by atoms with E-state index in [0.717, 1.165) is 45.3 Å². The third kappa shape index (κ3) is 10.1. The van der Waals surface area contributed by atoms with Gasteiger partial charge in [-0.25, -0.2) is 0 Å². The monoisotopic (exact) mass is 637 g/mol. The van der Waals surface area contributed by atoms with Crippen LogP contribution in [-0.4, -0.2) is 46.6 Å². The summed E-state index contributed by atoms with van der Waals surface area (Å²) in [6, 6.07) is 20.9. The number of hydrogen-bond donors (Lipinski definition) is 3. The zero-order chi connectivity index (χ0) is 34.0. The van der Waals surface area contributed by atoms with E-state index in [9.17, 15) is 19.5 Å². The third-order valence-corrected chi connectivity index (χ3v) is 8.26. The van der Waals surface area contributed by atoms with Crippen molar-refractivity contribution >= 4 is 28.6 Å². The minimum Gasteiger partial charge on any atom is -0.494 e. The molecular weight excluding hydrogens is 590 g/mol. The highest BCUT2D eigenvalue weighted by atomic mass is 16.5. The Balaban J connectivity index is 1.45. The molecule has 1 heterocycles. The molecule has 47 heavy (non-hydrogen) atoms. The number of carbonyl (C=O) groups is 3. The lowest BCUT2D eigenvalue weighted by Gasteiger charge is -2.21. The normalized spacial score (nSPS) is 12.7. The number of pyridine rings is 1. The Morgan fingerprint density at radius 3 is 2.21 bits per heavy atom. The predicted octanol–water partition coefficient (Wildman–Crippen LogP) is 7.48. The Hall–Kier alpha value is -4.72. The minimum absolute atomic E-state index is 0.0651. The first-order valence-electron chi connectivity index (χ1n) is 16.5. The fraction of sp³-hybridized carbons (Fsp3) is 0.385. The molecule has 2 atom stereocenters. The predicted molar refractivity (Wildman–Crippen MR) is 187 cm³/mol. The summed E-state index contributed by atoms with van der Waals surface area (Å²) in [5, 5.41) is 16.7. The summed E-state index contributed by atoms with van der Waals surface area (Å²) in [5.41, 5.74) is 3.96. The van der Waals surface area contributed by atoms with Gasteiger partial charge in [-0.15, -0.1) is 0 Å². The number of hydrogen-bond acceptors (Lipinski definition) is 5. The number of ether oxygens (including phenoxy) is 1. The van der Waals surface area contributed by atoms with Crippen LogP contribution >= 0.6 is 0 Å². The van der Waals surface area contributed by atoms with Crippen LogP contribution in [0.5, 0.6) is 5.75 Å². The molecule has 2 amide bonds. The number of benzene rings is 3. The smallest absolute Gasteiger partial charge is 0.325 e. The molecule has 3 aromatic carbocycles. The molecule has 4 aromatic rings. The number of nitrogens with one attached hydrogen (secondary N) is 2. The number of carboxylic acids is 1. The van der Waals surface area contributed by atoms with Gasteiger partial charge in [0.25, 0.3) is 5.91 Å². The van der Waals surface area contributed by atoms with E-state index in [2.05, 4.69) is 43.3 Å². The second-order valence-electron chi connectivity index (χ2n) is 13.2. The number of carboxylic acid groups (broad SMARTS) is 1. The van der Waals surface area contributed by atoms with Gasteiger partial charge in [0, 0.05) is 29.1 Å². The lowest BCUT2D eigenvalue weighted by Crippen LogP contribution is -2.51. The summed E-state index contributed by atoms with van der Waals surface area (Å²) in [6.07, 6.45) is 8.00. The number of rotatable bonds is 15. The molecule has 0 saturated carbocycles. The number of aromatic nitrogens is 1. The lowest BCUT2D eigenvalue weighted by molar-refractivity contribution is -0.141. The van der Waals surface area contributed by atoms with Crippen molar-refractivity contribution in [3.63, 3.8) is 0 Å². The van der Waals surface area contributed by atoms with Crippen molar-refractivity contribution in [1.82, 2.24) is 15.6 Å². The van der Waals surface area contributed by atoms with Crippen LogP contribution in [0.1, 0.15) is 88.2 Å². The van der Waals surface area contributed by atoms with Gasteiger partial charge >= 0.3 is 5.97 Å². The van der Waals surface area contributed by atoms with Crippen LogP contribution in [-0.2, 0) is 21.4 Å². The highest BCUT2D eigenvalue weighted by Gasteiger charge is 2.25. The average Bonchev–Trinajstić information content (AvgIpc) is 3.05. The number of fused-ring (bicyclic) bond motifs is 1. The van der Waals surface area contributed by atoms with Crippen LogP contribution in [0.25, 0.3) is 22.0 Å². The van der Waals surface area contributed by atoms with Crippen molar-refractivity contribution in [3.05, 3.63) is 95.7 Å². The van der Waals surface area contributed by atoms with E-state index < -0.39 is 29.9 Å². The van der Waals surface area contributed by atoms with Gasteiger partial charge in [0.05, 0.1) is 12.3 Å². The van der Waals surface area contributed by atoms with Gasteiger partial charge in [-0.2, -0.15) is 0 Å². The molecule has 1 aromatic heterocycles. The van der Waals surface area contributed by atoms with E-state index >= 15 is 0 Å². The summed E-state index contributed by atoms with van der Waals surface area (Å²) < 4.78 is 5.96. The number of aliphatic carboxylic acids is 1. The van der Waals surface area contributed by atoms with Crippen molar-refractivity contribution in [2.45, 2.75) is 90.6 Å². The quantitative estimate of drug-likeness (QED) is 0.116. The van der Waals surface area contributed by atoms with Crippen molar-refractivity contribution in [2.24, 2.45) is 0 Å². The van der Waals surface area contributed by atoms with Crippen molar-refractivity contribution in [1.29, 1.82) is 0 Å². The fourth-order valence-corrected chi connectivity index (χ4v) is 5.26. The molecule has 0 aliphatic carbocycles. The van der Waals surface area contributed by atoms with E-state index in [-0.39, 0.29) is 11.8 Å². The lowest BCUT2D eigenvalue weighted by atomic mass is 9.86. The topological polar surface area (TPSA) is 118 Å². The van der Waals surface area contributed by atoms with Crippen LogP contribution in [0.2, 0.25) is 0 Å². The highest BCUT2D eigenvalue weighted by Crippen LogP contribution is 2.26. The number of nitrogens with zero attached hydrogens (tertiary/aromatic N) is 1. The summed E-state index contributed by atoms with van der Waals surface area (Å²) in [4.78, 5) is 42.4. The van der Waals surface area contributed by atoms with Crippen molar-refractivity contribution in [3.8, 4) is 17.0 Å². The molecule has 0 spiro atoms. The Morgan fingerprint density at radius 1 is 0.851 bits per heavy atom. The number of unbranched alkanes of at least 4 members (excludes halogenated alkanes) is 4. The number of carbonyl (C=O) groups excluding carboxylic acids is 2. The SMILES string of the molecule is CCCCCCCOc1ccc2cc(-c3ccc(CC(NC(=O)c4ccc(C(C)(C)C)cc4)C(=O)NC(C)C(=O)O)cc3)ncc2c1. The van der Waals surface area contributed by atoms with Crippen LogP contribution in [0.3, 0.4) is 0 Å². The molecule has 0 saturated heterocycles. The van der Waals surface area contributed by atoms with E-state index in [1.165, 1.54) is 32.6 Å². The molecule has 0 radical (unpaired) electrons. The van der Waals surface area contributed by atoms with Gasteiger partial charge in [0.2, 0.25) is 5.91 Å². The Kier molecular flexibility index (Phi) is 12.1. The standard InChI is InChI=1S/C39H47N3O5/c1-6-7-8-9-10-21-47-33-20-17-30-24-34(40-25-31(30)23-33)28-13-11-27(12-14-28)22-35(37(44)41-26(2)38(45)46)42-36(43)29-15-18-32(19-16-29)39(3,4)5/h11-20,23-26,35H,6-10,21-22H2,1-5H3,(H,41,44)(H,42,43)(H,45,46). The third-order valence-electron chi connectivity index (χ3n) is 8.26. The fourth-order valence-electron chi connectivity index (χ4n) is 5.26. The summed E-state index contributed by atoms with van der Waals surface area (Å²) >= 11 is 0. The maximum Gasteiger partial charge on any atom is 0.325 e. The summed E-state index contributed by atoms with van der Waals surface area (Å²) in [6.45, 7) is 10.6. The molecule has 4 rings (SSSR count). The maximum atomic E-state index is 13.2. The van der Waals surface area contributed by atoms with Gasteiger partial charge in [0.1, 0.15) is 17.8 Å². The van der Waals surface area contributed by atoms with Gasteiger partial charge < -0.3 is 20.5 Å². The van der Waals surface area contributed by atoms with E-state index in [0.29, 0.717) is 12.2 Å². The Labute approximate surface area is 278 Å². The molecule has 3 N–H and O–H groups in total. The molecule has 0 aliphatic heterocycles. The Morgan fingerprint density at radius 2 is 1.55 bits per heavy atom. The summed E-state index contributed by atoms with van der Waals surface area (Å²) in [5.74, 6) is -1.29. The summed E-state index contributed by atoms with van der Waals surface area (Å²) in [7, 11) is 0. The zero-order valence-corrected chi connectivity index (χ0v) is 28.1. The van der Waals surface area contributed by atoms with Gasteiger partial charge in [-0.05, 0) is 65.6 Å². The zero-order valence-electron chi connectivity index (χ0n) is 28.1. The van der Waals surface area contributed by atoms with Crippen LogP contribution in [0.15, 0.2) is 79.0 Å². The first-order valence-corrected chi connectivity index (χ1v) is 16.5. The first kappa shape index (κ1) is 35.1. The molecular formula is C39H47N3O5. The van der Waals surface area contributed by atoms with Crippen molar-refractivity contribution < 1.29 is 24.2 Å². The van der Waals surface area contributed by atoms with Gasteiger partial charge in [-0.3, -0.25) is 19.4 Å². The molecule has 0 fully saturated rings. The first-order chi connectivity index (χ1) is 22.4. The second-order valence-corrected chi connectivity index (χ2v) is 13.2. The number of amides is 2. The largest absolute Gasteiger partial charge is 0.494 e. The molecule has 248 valence electrons. The van der Waals surface area contributed by atoms with Crippen LogP contribution in [0.4, 0.5) is 0 Å². The molecule has 2 unspecified atom stereocenters. The van der Waals surface area contributed by atoms with E-state index in [1.807, 2.05) is 66.9 Å². The van der Waals surface area contributed by atoms with E-state index in [1.54, 1.807) is 12.1 Å². The highest BCUT2D eigenvalue weighted by molar-refractivity contribution is 5.98. The second kappa shape index (κ2) is 16.2. The maximum absolute atomic E-state index is 13.2. The molecule has 0 bridgehead atoms. The van der Waals surface area contributed by atoms with Gasteiger partial charge in [-0.1, -0.05) is 95.8 Å². The van der Waals surface area contributed by atoms with Crippen LogP contribution in [0, 0.1) is 0 Å². The van der Waals surface area contributed by atoms with Gasteiger partial charge in [0.15, 0.2) is 0 Å². The molecule has 8 heteroatoms. The minimum atomic E-state index is -1.16. The van der Waals surface area contributed by atoms with E-state index in [4.69, 9.17) is 4.74 Å². The van der Waals surface area contributed by atoms with Crippen molar-refractivity contribution in [2.75, 3.05) is 6.61 Å². The Bertz CT molecular complexity index is 1660.